The third-order valence-electron chi connectivity index (χ3n) is 5.26. The minimum atomic E-state index is -0.930. The predicted octanol–water partition coefficient (Wildman–Crippen LogP) is 3.91. The largest absolute Gasteiger partial charge is 0.387 e. The number of aliphatic hydroxyl groups is 2. The van der Waals surface area contributed by atoms with Crippen LogP contribution in [0.5, 0.6) is 0 Å². The lowest BCUT2D eigenvalue weighted by Gasteiger charge is -2.29. The molecule has 0 spiro atoms. The quantitative estimate of drug-likeness (QED) is 0.720. The molecule has 0 amide bonds. The van der Waals surface area contributed by atoms with E-state index in [1.54, 1.807) is 0 Å². The van der Waals surface area contributed by atoms with Gasteiger partial charge in [-0.2, -0.15) is 0 Å². The van der Waals surface area contributed by atoms with Crippen LogP contribution in [0.1, 0.15) is 59.8 Å². The molecule has 3 nitrogen and oxygen atoms in total. The first kappa shape index (κ1) is 18.4. The SMILES string of the molecule is C=C(C)[C@H]1C[C@H]2O[C@H]1C/C(C)=C/CC[C@@](C)(O)/C=C/C[C@]2(C)O. The lowest BCUT2D eigenvalue weighted by molar-refractivity contribution is -0.0918. The van der Waals surface area contributed by atoms with E-state index < -0.39 is 11.2 Å². The Morgan fingerprint density at radius 3 is 2.70 bits per heavy atom. The van der Waals surface area contributed by atoms with Gasteiger partial charge in [0.25, 0.3) is 0 Å². The van der Waals surface area contributed by atoms with Crippen LogP contribution in [0, 0.1) is 5.92 Å². The molecule has 2 N–H and O–H groups in total. The molecule has 2 aliphatic heterocycles. The van der Waals surface area contributed by atoms with Crippen LogP contribution in [0.25, 0.3) is 0 Å². The maximum Gasteiger partial charge on any atom is 0.0914 e. The van der Waals surface area contributed by atoms with Gasteiger partial charge in [0.2, 0.25) is 0 Å². The molecule has 2 aliphatic rings. The fraction of sp³-hybridized carbons (Fsp3) is 0.700. The van der Waals surface area contributed by atoms with Gasteiger partial charge in [-0.05, 0) is 59.8 Å². The van der Waals surface area contributed by atoms with E-state index in [9.17, 15) is 10.2 Å². The van der Waals surface area contributed by atoms with Crippen LogP contribution in [0.15, 0.2) is 36.0 Å². The van der Waals surface area contributed by atoms with Crippen LogP contribution < -0.4 is 0 Å². The lowest BCUT2D eigenvalue weighted by atomic mass is 9.84. The van der Waals surface area contributed by atoms with Crippen LogP contribution in [0.3, 0.4) is 0 Å². The van der Waals surface area contributed by atoms with Crippen molar-refractivity contribution < 1.29 is 14.9 Å². The van der Waals surface area contributed by atoms with Crippen LogP contribution in [-0.4, -0.2) is 33.6 Å². The molecule has 2 rings (SSSR count). The third kappa shape index (κ3) is 4.79. The maximum absolute atomic E-state index is 10.8. The summed E-state index contributed by atoms with van der Waals surface area (Å²) in [5.41, 5.74) is 0.647. The molecule has 0 aliphatic carbocycles. The van der Waals surface area contributed by atoms with Crippen LogP contribution >= 0.6 is 0 Å². The zero-order chi connectivity index (χ0) is 17.3. The minimum absolute atomic E-state index is 0.0884. The Morgan fingerprint density at radius 2 is 2.04 bits per heavy atom. The second-order valence-corrected chi connectivity index (χ2v) is 7.97. The van der Waals surface area contributed by atoms with E-state index in [2.05, 4.69) is 26.5 Å². The molecule has 23 heavy (non-hydrogen) atoms. The van der Waals surface area contributed by atoms with Gasteiger partial charge in [0.05, 0.1) is 23.4 Å². The molecule has 3 heteroatoms. The van der Waals surface area contributed by atoms with E-state index in [-0.39, 0.29) is 12.2 Å². The normalized spacial score (nSPS) is 46.0. The van der Waals surface area contributed by atoms with Gasteiger partial charge < -0.3 is 14.9 Å². The number of allylic oxidation sites excluding steroid dienone is 1. The van der Waals surface area contributed by atoms with Gasteiger partial charge in [-0.1, -0.05) is 36.0 Å². The van der Waals surface area contributed by atoms with Crippen molar-refractivity contribution in [2.45, 2.75) is 83.2 Å². The minimum Gasteiger partial charge on any atom is -0.387 e. The Labute approximate surface area is 140 Å². The summed E-state index contributed by atoms with van der Waals surface area (Å²) >= 11 is 0. The summed E-state index contributed by atoms with van der Waals surface area (Å²) in [7, 11) is 0. The van der Waals surface area contributed by atoms with Gasteiger partial charge in [-0.15, -0.1) is 0 Å². The number of hydrogen-bond acceptors (Lipinski definition) is 3. The zero-order valence-corrected chi connectivity index (χ0v) is 15.0. The molecule has 0 aromatic heterocycles. The van der Waals surface area contributed by atoms with E-state index in [0.717, 1.165) is 24.8 Å². The fourth-order valence-electron chi connectivity index (χ4n) is 3.63. The van der Waals surface area contributed by atoms with Crippen LogP contribution in [-0.2, 0) is 4.74 Å². The zero-order valence-electron chi connectivity index (χ0n) is 15.0. The van der Waals surface area contributed by atoms with Crippen molar-refractivity contribution in [1.29, 1.82) is 0 Å². The molecule has 0 unspecified atom stereocenters. The van der Waals surface area contributed by atoms with Crippen molar-refractivity contribution in [1.82, 2.24) is 0 Å². The molecule has 0 radical (unpaired) electrons. The number of fused-ring (bicyclic) bond motifs is 2. The van der Waals surface area contributed by atoms with Gasteiger partial charge in [-0.3, -0.25) is 0 Å². The molecular weight excluding hydrogens is 288 g/mol. The smallest absolute Gasteiger partial charge is 0.0914 e. The molecule has 2 heterocycles. The predicted molar refractivity (Wildman–Crippen MR) is 94.2 cm³/mol. The van der Waals surface area contributed by atoms with E-state index in [0.29, 0.717) is 18.8 Å². The monoisotopic (exact) mass is 320 g/mol. The highest BCUT2D eigenvalue weighted by molar-refractivity contribution is 5.13. The highest BCUT2D eigenvalue weighted by Crippen LogP contribution is 2.40. The van der Waals surface area contributed by atoms with Gasteiger partial charge in [-0.25, -0.2) is 0 Å². The molecule has 0 aromatic rings. The van der Waals surface area contributed by atoms with Crippen LogP contribution in [0.2, 0.25) is 0 Å². The summed E-state index contributed by atoms with van der Waals surface area (Å²) < 4.78 is 6.24. The van der Waals surface area contributed by atoms with Crippen molar-refractivity contribution >= 4 is 0 Å². The Balaban J connectivity index is 2.27. The average Bonchev–Trinajstić information content (AvgIpc) is 2.81. The summed E-state index contributed by atoms with van der Waals surface area (Å²) in [6.45, 7) is 11.9. The Morgan fingerprint density at radius 1 is 1.35 bits per heavy atom. The molecule has 5 atom stereocenters. The second-order valence-electron chi connectivity index (χ2n) is 7.97. The van der Waals surface area contributed by atoms with E-state index in [1.807, 2.05) is 26.0 Å². The Hall–Kier alpha value is -0.900. The molecular formula is C20H32O3. The number of hydrogen-bond donors (Lipinski definition) is 2. The van der Waals surface area contributed by atoms with Crippen LogP contribution in [0.4, 0.5) is 0 Å². The van der Waals surface area contributed by atoms with Crippen molar-refractivity contribution in [2.75, 3.05) is 0 Å². The fourth-order valence-corrected chi connectivity index (χ4v) is 3.63. The average molecular weight is 320 g/mol. The first-order valence-corrected chi connectivity index (χ1v) is 8.70. The summed E-state index contributed by atoms with van der Waals surface area (Å²) in [5, 5.41) is 21.2. The summed E-state index contributed by atoms with van der Waals surface area (Å²) in [4.78, 5) is 0. The standard InChI is InChI=1S/C20H32O3/c1-14(2)16-13-18-20(5,22)11-7-10-19(4,21)9-6-8-15(3)12-17(16)23-18/h7-8,10,16-18,21-22H,1,6,9,11-13H2,2-5H3/b10-7+,15-8+/t16-,17+,18-,19-,20+/m1/s1. The number of rotatable bonds is 1. The summed E-state index contributed by atoms with van der Waals surface area (Å²) in [6, 6.07) is 0. The molecule has 0 saturated carbocycles. The van der Waals surface area contributed by atoms with Crippen molar-refractivity contribution in [3.8, 4) is 0 Å². The molecule has 2 bridgehead atoms. The summed E-state index contributed by atoms with van der Waals surface area (Å²) in [6.07, 6.45) is 9.47. The van der Waals surface area contributed by atoms with Gasteiger partial charge in [0, 0.05) is 5.92 Å². The molecule has 1 fully saturated rings. The van der Waals surface area contributed by atoms with E-state index >= 15 is 0 Å². The Kier molecular flexibility index (Phi) is 5.55. The highest BCUT2D eigenvalue weighted by Gasteiger charge is 2.43. The molecule has 0 aromatic carbocycles. The highest BCUT2D eigenvalue weighted by atomic mass is 16.5. The Bertz CT molecular complexity index is 499. The topological polar surface area (TPSA) is 49.7 Å². The summed E-state index contributed by atoms with van der Waals surface area (Å²) in [5.74, 6) is 0.296. The van der Waals surface area contributed by atoms with Gasteiger partial charge >= 0.3 is 0 Å². The lowest BCUT2D eigenvalue weighted by Crippen LogP contribution is -2.39. The van der Waals surface area contributed by atoms with Crippen molar-refractivity contribution in [3.63, 3.8) is 0 Å². The number of ether oxygens (including phenoxy) is 1. The maximum atomic E-state index is 10.8. The van der Waals surface area contributed by atoms with Gasteiger partial charge in [0.1, 0.15) is 0 Å². The van der Waals surface area contributed by atoms with E-state index in [1.165, 1.54) is 5.57 Å². The van der Waals surface area contributed by atoms with Crippen molar-refractivity contribution in [3.05, 3.63) is 36.0 Å². The van der Waals surface area contributed by atoms with Crippen molar-refractivity contribution in [2.24, 2.45) is 5.92 Å². The third-order valence-corrected chi connectivity index (χ3v) is 5.26. The van der Waals surface area contributed by atoms with Gasteiger partial charge in [0.15, 0.2) is 0 Å². The van der Waals surface area contributed by atoms with E-state index in [4.69, 9.17) is 4.74 Å². The molecule has 1 saturated heterocycles. The first-order valence-electron chi connectivity index (χ1n) is 8.70. The first-order chi connectivity index (χ1) is 10.6. The second kappa shape index (κ2) is 6.92. The molecule has 130 valence electrons.